The van der Waals surface area contributed by atoms with Crippen LogP contribution in [0.15, 0.2) is 0 Å². The quantitative estimate of drug-likeness (QED) is 0.344. The molecule has 0 fully saturated rings. The summed E-state index contributed by atoms with van der Waals surface area (Å²) in [6.45, 7) is -0.268. The van der Waals surface area contributed by atoms with Crippen molar-refractivity contribution in [1.82, 2.24) is 0 Å². The number of hydrogen-bond acceptors (Lipinski definition) is 4. The zero-order valence-corrected chi connectivity index (χ0v) is 8.93. The Balaban J connectivity index is 3.32. The third-order valence-corrected chi connectivity index (χ3v) is 1.93. The van der Waals surface area contributed by atoms with Crippen molar-refractivity contribution in [3.63, 3.8) is 0 Å². The van der Waals surface area contributed by atoms with E-state index in [1.54, 1.807) is 0 Å². The molecule has 86 valence electrons. The Bertz CT molecular complexity index is 214. The molecule has 0 atom stereocenters. The summed E-state index contributed by atoms with van der Waals surface area (Å²) in [4.78, 5) is 33.3. The van der Waals surface area contributed by atoms with Crippen molar-refractivity contribution in [2.45, 2.75) is 0 Å². The van der Waals surface area contributed by atoms with Gasteiger partial charge in [0.15, 0.2) is 0 Å². The van der Waals surface area contributed by atoms with Gasteiger partial charge in [0.2, 0.25) is 0 Å². The van der Waals surface area contributed by atoms with Gasteiger partial charge in [-0.2, -0.15) is 0 Å². The molecule has 0 radical (unpaired) electrons. The molecule has 0 unspecified atom stereocenters. The minimum absolute atomic E-state index is 0.134. The first-order valence-electron chi connectivity index (χ1n) is 3.45. The lowest BCUT2D eigenvalue weighted by molar-refractivity contribution is 0.0718. The van der Waals surface area contributed by atoms with Gasteiger partial charge in [-0.25, -0.2) is 0 Å². The fourth-order valence-electron chi connectivity index (χ4n) is 0.485. The van der Waals surface area contributed by atoms with Gasteiger partial charge in [0, 0.05) is 0 Å². The predicted octanol–water partition coefficient (Wildman–Crippen LogP) is -0.710. The number of hydrogen-bond donors (Lipinski definition) is 4. The van der Waals surface area contributed by atoms with Crippen LogP contribution < -0.4 is 0 Å². The highest BCUT2D eigenvalue weighted by molar-refractivity contribution is 7.51. The summed E-state index contributed by atoms with van der Waals surface area (Å²) in [5, 5.41) is 0. The van der Waals surface area contributed by atoms with E-state index in [2.05, 4.69) is 9.47 Å². The summed E-state index contributed by atoms with van der Waals surface area (Å²) in [6, 6.07) is 0. The maximum atomic E-state index is 10.2. The molecule has 0 aliphatic carbocycles. The molecule has 14 heavy (non-hydrogen) atoms. The minimum Gasteiger partial charge on any atom is -0.366 e. The van der Waals surface area contributed by atoms with Crippen LogP contribution >= 0.6 is 15.2 Å². The fraction of sp³-hybridized carbons (Fsp3) is 1.00. The van der Waals surface area contributed by atoms with E-state index in [0.717, 1.165) is 0 Å². The second kappa shape index (κ2) is 5.95. The second-order valence-electron chi connectivity index (χ2n) is 2.40. The molecule has 0 heterocycles. The highest BCUT2D eigenvalue weighted by atomic mass is 31.2. The largest absolute Gasteiger partial charge is 0.366 e. The molecule has 0 aromatic carbocycles. The van der Waals surface area contributed by atoms with E-state index < -0.39 is 27.9 Å². The van der Waals surface area contributed by atoms with Gasteiger partial charge in [0.1, 0.15) is 12.7 Å². The van der Waals surface area contributed by atoms with Crippen LogP contribution in [-0.4, -0.2) is 45.5 Å². The van der Waals surface area contributed by atoms with Crippen LogP contribution in [0.2, 0.25) is 0 Å². The molecule has 0 amide bonds. The van der Waals surface area contributed by atoms with Crippen molar-refractivity contribution < 1.29 is 38.2 Å². The summed E-state index contributed by atoms with van der Waals surface area (Å²) >= 11 is 0. The highest BCUT2D eigenvalue weighted by Gasteiger charge is 2.14. The summed E-state index contributed by atoms with van der Waals surface area (Å²) in [7, 11) is -8.36. The monoisotopic (exact) mass is 250 g/mol. The SMILES string of the molecule is O=P(O)(O)COCCOCP(=O)(O)O. The molecule has 10 heteroatoms. The average Bonchev–Trinajstić information content (AvgIpc) is 1.92. The van der Waals surface area contributed by atoms with Gasteiger partial charge in [-0.1, -0.05) is 0 Å². The molecule has 0 saturated carbocycles. The third kappa shape index (κ3) is 12.2. The minimum atomic E-state index is -4.18. The highest BCUT2D eigenvalue weighted by Crippen LogP contribution is 2.34. The fourth-order valence-corrected chi connectivity index (χ4v) is 1.22. The molecule has 0 bridgehead atoms. The van der Waals surface area contributed by atoms with Crippen LogP contribution in [-0.2, 0) is 18.6 Å². The lowest BCUT2D eigenvalue weighted by Gasteiger charge is -2.07. The average molecular weight is 250 g/mol. The van der Waals surface area contributed by atoms with Crippen molar-refractivity contribution in [2.24, 2.45) is 0 Å². The Kier molecular flexibility index (Phi) is 6.04. The Labute approximate surface area is 80.2 Å². The van der Waals surface area contributed by atoms with E-state index in [9.17, 15) is 9.13 Å². The lowest BCUT2D eigenvalue weighted by Crippen LogP contribution is -2.06. The topological polar surface area (TPSA) is 134 Å². The van der Waals surface area contributed by atoms with E-state index in [1.807, 2.05) is 0 Å². The molecule has 0 aromatic rings. The van der Waals surface area contributed by atoms with Crippen molar-refractivity contribution in [1.29, 1.82) is 0 Å². The Morgan fingerprint density at radius 3 is 1.29 bits per heavy atom. The zero-order valence-electron chi connectivity index (χ0n) is 7.14. The first-order chi connectivity index (χ1) is 6.21. The summed E-state index contributed by atoms with van der Waals surface area (Å²) in [5.41, 5.74) is 0. The van der Waals surface area contributed by atoms with E-state index in [1.165, 1.54) is 0 Å². The number of ether oxygens (including phenoxy) is 2. The van der Waals surface area contributed by atoms with Crippen molar-refractivity contribution in [3.8, 4) is 0 Å². The molecule has 0 aliphatic heterocycles. The van der Waals surface area contributed by atoms with E-state index >= 15 is 0 Å². The van der Waals surface area contributed by atoms with Crippen LogP contribution in [0, 0.1) is 0 Å². The van der Waals surface area contributed by atoms with Gasteiger partial charge in [-0.15, -0.1) is 0 Å². The molecule has 0 saturated heterocycles. The molecule has 4 N–H and O–H groups in total. The Hall–Kier alpha value is 0.220. The van der Waals surface area contributed by atoms with E-state index in [-0.39, 0.29) is 13.2 Å². The maximum Gasteiger partial charge on any atom is 0.350 e. The van der Waals surface area contributed by atoms with Gasteiger partial charge in [0.25, 0.3) is 0 Å². The normalized spacial score (nSPS) is 13.1. The Morgan fingerprint density at radius 2 is 1.07 bits per heavy atom. The lowest BCUT2D eigenvalue weighted by atomic mass is 10.8. The van der Waals surface area contributed by atoms with Crippen molar-refractivity contribution in [2.75, 3.05) is 25.9 Å². The van der Waals surface area contributed by atoms with Gasteiger partial charge in [-0.05, 0) is 0 Å². The van der Waals surface area contributed by atoms with Crippen LogP contribution in [0.1, 0.15) is 0 Å². The maximum absolute atomic E-state index is 10.2. The third-order valence-electron chi connectivity index (χ3n) is 0.891. The van der Waals surface area contributed by atoms with Crippen LogP contribution in [0.4, 0.5) is 0 Å². The van der Waals surface area contributed by atoms with Crippen LogP contribution in [0.25, 0.3) is 0 Å². The van der Waals surface area contributed by atoms with E-state index in [0.29, 0.717) is 0 Å². The van der Waals surface area contributed by atoms with E-state index in [4.69, 9.17) is 19.6 Å². The molecule has 0 rings (SSSR count). The van der Waals surface area contributed by atoms with Crippen LogP contribution in [0.3, 0.4) is 0 Å². The smallest absolute Gasteiger partial charge is 0.350 e. The first-order valence-corrected chi connectivity index (χ1v) is 7.05. The Morgan fingerprint density at radius 1 is 0.786 bits per heavy atom. The van der Waals surface area contributed by atoms with Crippen molar-refractivity contribution >= 4 is 15.2 Å². The number of rotatable bonds is 7. The van der Waals surface area contributed by atoms with Gasteiger partial charge >= 0.3 is 15.2 Å². The second-order valence-corrected chi connectivity index (χ2v) is 5.58. The van der Waals surface area contributed by atoms with Gasteiger partial charge in [0.05, 0.1) is 13.2 Å². The van der Waals surface area contributed by atoms with Crippen LogP contribution in [0.5, 0.6) is 0 Å². The molecule has 0 spiro atoms. The standard InChI is InChI=1S/C4H12O8P2/c5-13(6,7)3-11-1-2-12-4-14(8,9)10/h1-4H2,(H2,5,6,7)(H2,8,9,10). The van der Waals surface area contributed by atoms with Gasteiger partial charge < -0.3 is 29.0 Å². The first kappa shape index (κ1) is 14.2. The van der Waals surface area contributed by atoms with Gasteiger partial charge in [-0.3, -0.25) is 9.13 Å². The summed E-state index contributed by atoms with van der Waals surface area (Å²) in [5.74, 6) is 0. The molecule has 0 aliphatic rings. The molecular weight excluding hydrogens is 238 g/mol. The summed E-state index contributed by atoms with van der Waals surface area (Å²) in [6.07, 6.45) is -1.46. The summed E-state index contributed by atoms with van der Waals surface area (Å²) < 4.78 is 29.4. The molecule has 0 aromatic heterocycles. The predicted molar refractivity (Wildman–Crippen MR) is 45.7 cm³/mol. The molecule has 8 nitrogen and oxygen atoms in total. The van der Waals surface area contributed by atoms with Crippen molar-refractivity contribution in [3.05, 3.63) is 0 Å². The zero-order chi connectivity index (χ0) is 11.2. The molecular formula is C4H12O8P2.